The standard InChI is InChI=1S/C15H16FNS2/c1-9-3-4-12(16)14(7-9)17-13-8-10(2)19-15-11(13)5-6-18-15/h3-7,10,13,17H,8H2,1-2H3/t10-,13?/m0/s1. The van der Waals surface area contributed by atoms with Crippen molar-refractivity contribution in [2.45, 2.75) is 35.8 Å². The normalized spacial score (nSPS) is 22.1. The van der Waals surface area contributed by atoms with E-state index in [2.05, 4.69) is 23.7 Å². The van der Waals surface area contributed by atoms with Crippen LogP contribution >= 0.6 is 23.1 Å². The van der Waals surface area contributed by atoms with Crippen molar-refractivity contribution in [1.82, 2.24) is 0 Å². The maximum absolute atomic E-state index is 13.9. The minimum Gasteiger partial charge on any atom is -0.376 e. The molecule has 1 nitrogen and oxygen atoms in total. The second kappa shape index (κ2) is 5.17. The summed E-state index contributed by atoms with van der Waals surface area (Å²) < 4.78 is 15.2. The molecule has 2 aromatic rings. The van der Waals surface area contributed by atoms with Crippen molar-refractivity contribution in [1.29, 1.82) is 0 Å². The van der Waals surface area contributed by atoms with Crippen LogP contribution in [0.3, 0.4) is 0 Å². The van der Waals surface area contributed by atoms with Gasteiger partial charge < -0.3 is 5.32 Å². The van der Waals surface area contributed by atoms with Crippen molar-refractivity contribution in [3.8, 4) is 0 Å². The van der Waals surface area contributed by atoms with Gasteiger partial charge in [0, 0.05) is 5.25 Å². The summed E-state index contributed by atoms with van der Waals surface area (Å²) >= 11 is 3.70. The summed E-state index contributed by atoms with van der Waals surface area (Å²) in [4.78, 5) is 0. The van der Waals surface area contributed by atoms with Gasteiger partial charge in [-0.3, -0.25) is 0 Å². The zero-order chi connectivity index (χ0) is 13.4. The van der Waals surface area contributed by atoms with Crippen LogP contribution in [0.1, 0.15) is 30.5 Å². The number of thioether (sulfide) groups is 1. The van der Waals surface area contributed by atoms with Gasteiger partial charge in [-0.25, -0.2) is 4.39 Å². The summed E-state index contributed by atoms with van der Waals surface area (Å²) in [7, 11) is 0. The third-order valence-electron chi connectivity index (χ3n) is 3.36. The Morgan fingerprint density at radius 1 is 1.32 bits per heavy atom. The van der Waals surface area contributed by atoms with Crippen molar-refractivity contribution in [3.63, 3.8) is 0 Å². The fourth-order valence-corrected chi connectivity index (χ4v) is 4.99. The number of hydrogen-bond acceptors (Lipinski definition) is 3. The lowest BCUT2D eigenvalue weighted by Gasteiger charge is -2.28. The molecule has 0 saturated heterocycles. The molecule has 2 heterocycles. The van der Waals surface area contributed by atoms with Crippen molar-refractivity contribution in [2.75, 3.05) is 5.32 Å². The Balaban J connectivity index is 1.90. The maximum Gasteiger partial charge on any atom is 0.146 e. The summed E-state index contributed by atoms with van der Waals surface area (Å²) in [6, 6.07) is 7.59. The molecule has 0 radical (unpaired) electrons. The molecule has 3 rings (SSSR count). The fourth-order valence-electron chi connectivity index (χ4n) is 2.42. The second-order valence-corrected chi connectivity index (χ2v) is 7.63. The molecule has 1 aromatic heterocycles. The maximum atomic E-state index is 13.9. The monoisotopic (exact) mass is 293 g/mol. The number of anilines is 1. The molecule has 100 valence electrons. The number of rotatable bonds is 2. The SMILES string of the molecule is Cc1ccc(F)c(NC2C[C@H](C)Sc3sccc32)c1. The molecule has 1 aliphatic heterocycles. The average Bonchev–Trinajstić information content (AvgIpc) is 2.82. The predicted octanol–water partition coefficient (Wildman–Crippen LogP) is 5.23. The van der Waals surface area contributed by atoms with Gasteiger partial charge in [-0.2, -0.15) is 0 Å². The van der Waals surface area contributed by atoms with Crippen LogP contribution in [-0.4, -0.2) is 5.25 Å². The molecular formula is C15H16FNS2. The summed E-state index contributed by atoms with van der Waals surface area (Å²) in [5, 5.41) is 6.07. The smallest absolute Gasteiger partial charge is 0.146 e. The number of halogens is 1. The molecule has 0 amide bonds. The second-order valence-electron chi connectivity index (χ2n) is 5.01. The van der Waals surface area contributed by atoms with Crippen LogP contribution in [0.25, 0.3) is 0 Å². The van der Waals surface area contributed by atoms with Crippen LogP contribution in [0.15, 0.2) is 33.9 Å². The average molecular weight is 293 g/mol. The highest BCUT2D eigenvalue weighted by Gasteiger charge is 2.26. The number of thiophene rings is 1. The highest BCUT2D eigenvalue weighted by molar-refractivity contribution is 8.01. The molecule has 4 heteroatoms. The Bertz CT molecular complexity index is 594. The molecule has 1 aromatic carbocycles. The topological polar surface area (TPSA) is 12.0 Å². The Hall–Kier alpha value is -1.00. The minimum atomic E-state index is -0.173. The van der Waals surface area contributed by atoms with Gasteiger partial charge in [0.15, 0.2) is 0 Å². The van der Waals surface area contributed by atoms with E-state index in [1.807, 2.05) is 24.8 Å². The van der Waals surface area contributed by atoms with Crippen LogP contribution in [0, 0.1) is 12.7 Å². The van der Waals surface area contributed by atoms with Crippen LogP contribution in [0.5, 0.6) is 0 Å². The van der Waals surface area contributed by atoms with Gasteiger partial charge in [0.25, 0.3) is 0 Å². The fraction of sp³-hybridized carbons (Fsp3) is 0.333. The first-order chi connectivity index (χ1) is 9.13. The molecule has 0 spiro atoms. The third-order valence-corrected chi connectivity index (χ3v) is 5.71. The van der Waals surface area contributed by atoms with Crippen molar-refractivity contribution >= 4 is 28.8 Å². The molecule has 0 fully saturated rings. The van der Waals surface area contributed by atoms with E-state index in [1.54, 1.807) is 17.4 Å². The number of hydrogen-bond donors (Lipinski definition) is 1. The van der Waals surface area contributed by atoms with Gasteiger partial charge >= 0.3 is 0 Å². The van der Waals surface area contributed by atoms with E-state index in [0.717, 1.165) is 12.0 Å². The summed E-state index contributed by atoms with van der Waals surface area (Å²) in [6.45, 7) is 4.22. The van der Waals surface area contributed by atoms with E-state index in [-0.39, 0.29) is 11.9 Å². The lowest BCUT2D eigenvalue weighted by atomic mass is 10.0. The van der Waals surface area contributed by atoms with E-state index in [0.29, 0.717) is 10.9 Å². The van der Waals surface area contributed by atoms with E-state index >= 15 is 0 Å². The first-order valence-corrected chi connectivity index (χ1v) is 8.16. The number of nitrogens with one attached hydrogen (secondary N) is 1. The number of benzene rings is 1. The van der Waals surface area contributed by atoms with Crippen LogP contribution < -0.4 is 5.32 Å². The van der Waals surface area contributed by atoms with Gasteiger partial charge in [0.05, 0.1) is 15.9 Å². The van der Waals surface area contributed by atoms with Crippen molar-refractivity contribution in [3.05, 3.63) is 46.6 Å². The van der Waals surface area contributed by atoms with Gasteiger partial charge in [0.1, 0.15) is 5.82 Å². The lowest BCUT2D eigenvalue weighted by Crippen LogP contribution is -2.19. The van der Waals surface area contributed by atoms with E-state index in [1.165, 1.54) is 15.8 Å². The Labute approximate surface area is 121 Å². The first-order valence-electron chi connectivity index (χ1n) is 6.40. The molecular weight excluding hydrogens is 277 g/mol. The highest BCUT2D eigenvalue weighted by Crippen LogP contribution is 2.45. The van der Waals surface area contributed by atoms with Gasteiger partial charge in [0.2, 0.25) is 0 Å². The van der Waals surface area contributed by atoms with E-state index in [4.69, 9.17) is 0 Å². The quantitative estimate of drug-likeness (QED) is 0.813. The van der Waals surface area contributed by atoms with E-state index in [9.17, 15) is 4.39 Å². The van der Waals surface area contributed by atoms with Gasteiger partial charge in [-0.15, -0.1) is 23.1 Å². The first kappa shape index (κ1) is 13.0. The van der Waals surface area contributed by atoms with E-state index < -0.39 is 0 Å². The van der Waals surface area contributed by atoms with Crippen molar-refractivity contribution in [2.24, 2.45) is 0 Å². The van der Waals surface area contributed by atoms with Gasteiger partial charge in [-0.05, 0) is 48.1 Å². The van der Waals surface area contributed by atoms with Crippen molar-refractivity contribution < 1.29 is 4.39 Å². The minimum absolute atomic E-state index is 0.173. The third kappa shape index (κ3) is 2.65. The summed E-state index contributed by atoms with van der Waals surface area (Å²) in [5.41, 5.74) is 3.00. The molecule has 0 saturated carbocycles. The molecule has 1 aliphatic rings. The number of aryl methyl sites for hydroxylation is 1. The van der Waals surface area contributed by atoms with Crippen LogP contribution in [0.4, 0.5) is 10.1 Å². The zero-order valence-electron chi connectivity index (χ0n) is 10.9. The number of fused-ring (bicyclic) bond motifs is 1. The largest absolute Gasteiger partial charge is 0.376 e. The molecule has 19 heavy (non-hydrogen) atoms. The molecule has 0 bridgehead atoms. The predicted molar refractivity (Wildman–Crippen MR) is 81.8 cm³/mol. The molecule has 1 unspecified atom stereocenters. The molecule has 2 atom stereocenters. The Kier molecular flexibility index (Phi) is 3.54. The highest BCUT2D eigenvalue weighted by atomic mass is 32.2. The summed E-state index contributed by atoms with van der Waals surface area (Å²) in [5.74, 6) is -0.173. The summed E-state index contributed by atoms with van der Waals surface area (Å²) in [6.07, 6.45) is 1.03. The van der Waals surface area contributed by atoms with Crippen LogP contribution in [0.2, 0.25) is 0 Å². The van der Waals surface area contributed by atoms with Crippen LogP contribution in [-0.2, 0) is 0 Å². The molecule has 1 N–H and O–H groups in total. The van der Waals surface area contributed by atoms with Gasteiger partial charge in [-0.1, -0.05) is 13.0 Å². The lowest BCUT2D eigenvalue weighted by molar-refractivity contribution is 0.615. The Morgan fingerprint density at radius 2 is 2.16 bits per heavy atom. The zero-order valence-corrected chi connectivity index (χ0v) is 12.6. The Morgan fingerprint density at radius 3 is 3.00 bits per heavy atom. The molecule has 0 aliphatic carbocycles.